The minimum absolute atomic E-state index is 0.390. The Bertz CT molecular complexity index is 196. The van der Waals surface area contributed by atoms with E-state index in [2.05, 4.69) is 4.74 Å². The van der Waals surface area contributed by atoms with Gasteiger partial charge in [-0.05, 0) is 6.42 Å². The van der Waals surface area contributed by atoms with Gasteiger partial charge in [-0.15, -0.1) is 0 Å². The number of hydrogen-bond acceptors (Lipinski definition) is 4. The van der Waals surface area contributed by atoms with Crippen LogP contribution in [0.5, 0.6) is 0 Å². The number of ether oxygens (including phenoxy) is 2. The maximum absolute atomic E-state index is 10.8. The van der Waals surface area contributed by atoms with Crippen molar-refractivity contribution < 1.29 is 19.1 Å². The van der Waals surface area contributed by atoms with E-state index in [4.69, 9.17) is 4.74 Å². The second-order valence-electron chi connectivity index (χ2n) is 2.38. The van der Waals surface area contributed by atoms with Crippen molar-refractivity contribution in [2.75, 3.05) is 13.7 Å². The van der Waals surface area contributed by atoms with Gasteiger partial charge in [0.25, 0.3) is 0 Å². The van der Waals surface area contributed by atoms with E-state index in [0.717, 1.165) is 25.0 Å². The Kier molecular flexibility index (Phi) is 6.59. The molecule has 0 N–H and O–H groups in total. The van der Waals surface area contributed by atoms with E-state index in [-0.39, 0.29) is 0 Å². The Morgan fingerprint density at radius 1 is 1.23 bits per heavy atom. The molecule has 0 heterocycles. The van der Waals surface area contributed by atoms with E-state index < -0.39 is 11.9 Å². The minimum atomic E-state index is -0.563. The lowest BCUT2D eigenvalue weighted by Gasteiger charge is -1.98. The number of carbonyl (C=O) groups is 2. The second kappa shape index (κ2) is 7.34. The van der Waals surface area contributed by atoms with Crippen LogP contribution >= 0.6 is 0 Å². The first-order chi connectivity index (χ1) is 6.20. The predicted molar refractivity (Wildman–Crippen MR) is 47.0 cm³/mol. The average molecular weight is 186 g/mol. The van der Waals surface area contributed by atoms with Gasteiger partial charge in [0.05, 0.1) is 13.7 Å². The van der Waals surface area contributed by atoms with E-state index in [0.29, 0.717) is 6.61 Å². The van der Waals surface area contributed by atoms with Crippen LogP contribution in [0, 0.1) is 0 Å². The highest BCUT2D eigenvalue weighted by molar-refractivity contribution is 5.91. The number of carbonyl (C=O) groups excluding carboxylic acids is 2. The molecule has 0 fully saturated rings. The van der Waals surface area contributed by atoms with Gasteiger partial charge in [0.15, 0.2) is 0 Å². The Morgan fingerprint density at radius 2 is 1.85 bits per heavy atom. The third-order valence-electron chi connectivity index (χ3n) is 1.30. The van der Waals surface area contributed by atoms with Crippen molar-refractivity contribution >= 4 is 11.9 Å². The minimum Gasteiger partial charge on any atom is -0.466 e. The van der Waals surface area contributed by atoms with Crippen LogP contribution in [-0.2, 0) is 19.1 Å². The van der Waals surface area contributed by atoms with E-state index in [9.17, 15) is 9.59 Å². The van der Waals surface area contributed by atoms with Crippen LogP contribution in [0.25, 0.3) is 0 Å². The number of rotatable bonds is 5. The van der Waals surface area contributed by atoms with Crippen LogP contribution in [-0.4, -0.2) is 25.7 Å². The van der Waals surface area contributed by atoms with Crippen molar-refractivity contribution in [3.63, 3.8) is 0 Å². The van der Waals surface area contributed by atoms with Crippen LogP contribution < -0.4 is 0 Å². The molecule has 0 bridgehead atoms. The predicted octanol–water partition coefficient (Wildman–Crippen LogP) is 1.06. The highest BCUT2D eigenvalue weighted by atomic mass is 16.5. The van der Waals surface area contributed by atoms with Crippen molar-refractivity contribution in [1.82, 2.24) is 0 Å². The van der Waals surface area contributed by atoms with Crippen molar-refractivity contribution in [1.29, 1.82) is 0 Å². The maximum Gasteiger partial charge on any atom is 0.331 e. The fraction of sp³-hybridized carbons (Fsp3) is 0.556. The number of hydrogen-bond donors (Lipinski definition) is 0. The summed E-state index contributed by atoms with van der Waals surface area (Å²) in [7, 11) is 1.25. The van der Waals surface area contributed by atoms with Crippen molar-refractivity contribution in [3.05, 3.63) is 12.2 Å². The lowest BCUT2D eigenvalue weighted by atomic mass is 10.4. The van der Waals surface area contributed by atoms with E-state index >= 15 is 0 Å². The third-order valence-corrected chi connectivity index (χ3v) is 1.30. The molecule has 4 heteroatoms. The lowest BCUT2D eigenvalue weighted by molar-refractivity contribution is -0.139. The summed E-state index contributed by atoms with van der Waals surface area (Å²) in [6, 6.07) is 0. The van der Waals surface area contributed by atoms with Gasteiger partial charge in [-0.25, -0.2) is 9.59 Å². The molecule has 0 atom stereocenters. The smallest absolute Gasteiger partial charge is 0.331 e. The molecule has 0 rings (SSSR count). The summed E-state index contributed by atoms with van der Waals surface area (Å²) >= 11 is 0. The number of methoxy groups -OCH3 is 1. The van der Waals surface area contributed by atoms with Crippen molar-refractivity contribution in [2.45, 2.75) is 19.8 Å². The molecule has 0 amide bonds. The van der Waals surface area contributed by atoms with Gasteiger partial charge in [-0.2, -0.15) is 0 Å². The summed E-state index contributed by atoms with van der Waals surface area (Å²) in [4.78, 5) is 21.4. The Hall–Kier alpha value is -1.32. The maximum atomic E-state index is 10.8. The van der Waals surface area contributed by atoms with Gasteiger partial charge in [0.2, 0.25) is 0 Å². The van der Waals surface area contributed by atoms with E-state index in [1.807, 2.05) is 6.92 Å². The SMILES string of the molecule is CCCCOC(=O)/C=C/C(=O)OC. The summed E-state index contributed by atoms with van der Waals surface area (Å²) in [5.74, 6) is -1.08. The molecule has 4 nitrogen and oxygen atoms in total. The fourth-order valence-corrected chi connectivity index (χ4v) is 0.569. The van der Waals surface area contributed by atoms with Gasteiger partial charge in [0, 0.05) is 12.2 Å². The number of unbranched alkanes of at least 4 members (excludes halogenated alkanes) is 1. The number of esters is 2. The molecule has 0 saturated carbocycles. The van der Waals surface area contributed by atoms with Gasteiger partial charge in [-0.1, -0.05) is 13.3 Å². The van der Waals surface area contributed by atoms with Crippen LogP contribution in [0.15, 0.2) is 12.2 Å². The van der Waals surface area contributed by atoms with E-state index in [1.165, 1.54) is 7.11 Å². The van der Waals surface area contributed by atoms with E-state index in [1.54, 1.807) is 0 Å². The molecule has 0 unspecified atom stereocenters. The topological polar surface area (TPSA) is 52.6 Å². The van der Waals surface area contributed by atoms with Crippen LogP contribution in [0.1, 0.15) is 19.8 Å². The van der Waals surface area contributed by atoms with Crippen LogP contribution in [0.3, 0.4) is 0 Å². The molecule has 74 valence electrons. The summed E-state index contributed by atoms with van der Waals surface area (Å²) in [6.45, 7) is 2.39. The van der Waals surface area contributed by atoms with Gasteiger partial charge >= 0.3 is 11.9 Å². The molecule has 0 aliphatic carbocycles. The van der Waals surface area contributed by atoms with Crippen molar-refractivity contribution in [2.24, 2.45) is 0 Å². The molecule has 13 heavy (non-hydrogen) atoms. The van der Waals surface area contributed by atoms with Gasteiger partial charge in [-0.3, -0.25) is 0 Å². The zero-order valence-electron chi connectivity index (χ0n) is 7.91. The Morgan fingerprint density at radius 3 is 2.38 bits per heavy atom. The second-order valence-corrected chi connectivity index (χ2v) is 2.38. The standard InChI is InChI=1S/C9H14O4/c1-3-4-7-13-9(11)6-5-8(10)12-2/h5-6H,3-4,7H2,1-2H3/b6-5+. The highest BCUT2D eigenvalue weighted by Crippen LogP contribution is 1.90. The van der Waals surface area contributed by atoms with Crippen LogP contribution in [0.4, 0.5) is 0 Å². The molecular formula is C9H14O4. The molecular weight excluding hydrogens is 172 g/mol. The lowest BCUT2D eigenvalue weighted by Crippen LogP contribution is -2.03. The molecule has 0 aliphatic heterocycles. The first-order valence-electron chi connectivity index (χ1n) is 4.13. The van der Waals surface area contributed by atoms with Crippen LogP contribution in [0.2, 0.25) is 0 Å². The Labute approximate surface area is 77.5 Å². The Balaban J connectivity index is 3.61. The first-order valence-corrected chi connectivity index (χ1v) is 4.13. The molecule has 0 aliphatic rings. The van der Waals surface area contributed by atoms with Gasteiger partial charge < -0.3 is 9.47 Å². The quantitative estimate of drug-likeness (QED) is 0.366. The largest absolute Gasteiger partial charge is 0.466 e. The van der Waals surface area contributed by atoms with Gasteiger partial charge in [0.1, 0.15) is 0 Å². The zero-order valence-corrected chi connectivity index (χ0v) is 7.91. The summed E-state index contributed by atoms with van der Waals surface area (Å²) in [5, 5.41) is 0. The fourth-order valence-electron chi connectivity index (χ4n) is 0.569. The zero-order chi connectivity index (χ0) is 10.1. The first kappa shape index (κ1) is 11.7. The molecule has 0 aromatic rings. The molecule has 0 spiro atoms. The third kappa shape index (κ3) is 7.05. The monoisotopic (exact) mass is 186 g/mol. The summed E-state index contributed by atoms with van der Waals surface area (Å²) in [5.41, 5.74) is 0. The normalized spacial score (nSPS) is 10.0. The van der Waals surface area contributed by atoms with Crippen molar-refractivity contribution in [3.8, 4) is 0 Å². The summed E-state index contributed by atoms with van der Waals surface area (Å²) < 4.78 is 9.04. The average Bonchev–Trinajstić information content (AvgIpc) is 2.14. The molecule has 0 aromatic carbocycles. The molecule has 0 radical (unpaired) electrons. The molecule has 0 saturated heterocycles. The molecule has 0 aromatic heterocycles. The summed E-state index contributed by atoms with van der Waals surface area (Å²) in [6.07, 6.45) is 3.89. The highest BCUT2D eigenvalue weighted by Gasteiger charge is 1.97.